The first-order chi connectivity index (χ1) is 8.20. The van der Waals surface area contributed by atoms with Crippen molar-refractivity contribution in [1.82, 2.24) is 15.5 Å². The first-order valence-electron chi connectivity index (χ1n) is 5.75. The third-order valence-electron chi connectivity index (χ3n) is 2.69. The smallest absolute Gasteiger partial charge is 0.258 e. The fourth-order valence-electron chi connectivity index (χ4n) is 1.67. The number of rotatable bonds is 4. The van der Waals surface area contributed by atoms with Gasteiger partial charge < -0.3 is 9.84 Å². The van der Waals surface area contributed by atoms with Gasteiger partial charge in [-0.1, -0.05) is 22.9 Å². The lowest BCUT2D eigenvalue weighted by Crippen LogP contribution is -2.11. The van der Waals surface area contributed by atoms with Gasteiger partial charge in [-0.15, -0.1) is 0 Å². The normalized spacial score (nSPS) is 10.8. The zero-order chi connectivity index (χ0) is 12.3. The highest BCUT2D eigenvalue weighted by Gasteiger charge is 2.10. The van der Waals surface area contributed by atoms with E-state index in [9.17, 15) is 0 Å². The minimum Gasteiger partial charge on any atom is -0.334 e. The molecular weight excluding hydrogens is 214 g/mol. The molecule has 0 aliphatic carbocycles. The van der Waals surface area contributed by atoms with E-state index in [4.69, 9.17) is 4.52 Å². The van der Waals surface area contributed by atoms with E-state index in [1.165, 1.54) is 5.56 Å². The summed E-state index contributed by atoms with van der Waals surface area (Å²) in [5, 5.41) is 7.04. The Morgan fingerprint density at radius 1 is 1.29 bits per heavy atom. The van der Waals surface area contributed by atoms with Crippen LogP contribution in [0.2, 0.25) is 0 Å². The van der Waals surface area contributed by atoms with E-state index in [1.807, 2.05) is 14.0 Å². The molecule has 0 saturated heterocycles. The molecule has 17 heavy (non-hydrogen) atoms. The number of benzene rings is 1. The summed E-state index contributed by atoms with van der Waals surface area (Å²) in [5.74, 6) is 1.35. The van der Waals surface area contributed by atoms with Crippen LogP contribution < -0.4 is 5.32 Å². The van der Waals surface area contributed by atoms with Crippen molar-refractivity contribution in [3.8, 4) is 11.5 Å². The molecule has 0 aliphatic rings. The topological polar surface area (TPSA) is 51.0 Å². The molecule has 0 bridgehead atoms. The van der Waals surface area contributed by atoms with E-state index >= 15 is 0 Å². The van der Waals surface area contributed by atoms with Crippen molar-refractivity contribution < 1.29 is 4.52 Å². The van der Waals surface area contributed by atoms with Crippen molar-refractivity contribution in [2.75, 3.05) is 13.6 Å². The quantitative estimate of drug-likeness (QED) is 0.875. The Balaban J connectivity index is 2.27. The molecule has 1 aromatic heterocycles. The fourth-order valence-corrected chi connectivity index (χ4v) is 1.67. The summed E-state index contributed by atoms with van der Waals surface area (Å²) in [6.07, 6.45) is 0.783. The second-order valence-corrected chi connectivity index (χ2v) is 4.19. The van der Waals surface area contributed by atoms with Crippen LogP contribution >= 0.6 is 0 Å². The van der Waals surface area contributed by atoms with Gasteiger partial charge in [0.05, 0.1) is 0 Å². The van der Waals surface area contributed by atoms with Crippen molar-refractivity contribution in [2.24, 2.45) is 0 Å². The van der Waals surface area contributed by atoms with Gasteiger partial charge in [0.2, 0.25) is 0 Å². The molecule has 0 unspecified atom stereocenters. The highest BCUT2D eigenvalue weighted by molar-refractivity contribution is 5.59. The summed E-state index contributed by atoms with van der Waals surface area (Å²) in [6, 6.07) is 6.23. The third kappa shape index (κ3) is 2.71. The lowest BCUT2D eigenvalue weighted by Gasteiger charge is -2.01. The van der Waals surface area contributed by atoms with Crippen LogP contribution in [0.5, 0.6) is 0 Å². The fraction of sp³-hybridized carbons (Fsp3) is 0.385. The van der Waals surface area contributed by atoms with Crippen LogP contribution in [0, 0.1) is 13.8 Å². The second-order valence-electron chi connectivity index (χ2n) is 4.19. The molecule has 0 radical (unpaired) electrons. The van der Waals surface area contributed by atoms with Crippen LogP contribution in [0.15, 0.2) is 22.7 Å². The van der Waals surface area contributed by atoms with Crippen molar-refractivity contribution in [3.63, 3.8) is 0 Å². The molecule has 90 valence electrons. The van der Waals surface area contributed by atoms with Crippen LogP contribution in [-0.2, 0) is 6.42 Å². The molecule has 2 rings (SSSR count). The number of nitrogens with zero attached hydrogens (tertiary/aromatic N) is 2. The Morgan fingerprint density at radius 3 is 2.88 bits per heavy atom. The van der Waals surface area contributed by atoms with Gasteiger partial charge in [0.1, 0.15) is 0 Å². The van der Waals surface area contributed by atoms with Crippen LogP contribution in [0.3, 0.4) is 0 Å². The maximum atomic E-state index is 5.29. The van der Waals surface area contributed by atoms with Crippen LogP contribution in [0.25, 0.3) is 11.5 Å². The Labute approximate surface area is 101 Å². The average Bonchev–Trinajstić information content (AvgIpc) is 2.78. The summed E-state index contributed by atoms with van der Waals surface area (Å²) in [6.45, 7) is 4.96. The number of hydrogen-bond acceptors (Lipinski definition) is 4. The first-order valence-corrected chi connectivity index (χ1v) is 5.75. The molecule has 1 N–H and O–H groups in total. The summed E-state index contributed by atoms with van der Waals surface area (Å²) in [5.41, 5.74) is 3.37. The molecule has 0 saturated carbocycles. The molecule has 0 spiro atoms. The number of hydrogen-bond donors (Lipinski definition) is 1. The zero-order valence-corrected chi connectivity index (χ0v) is 10.4. The molecular formula is C13H17N3O. The third-order valence-corrected chi connectivity index (χ3v) is 2.69. The van der Waals surface area contributed by atoms with Crippen molar-refractivity contribution in [2.45, 2.75) is 20.3 Å². The van der Waals surface area contributed by atoms with Crippen molar-refractivity contribution >= 4 is 0 Å². The van der Waals surface area contributed by atoms with E-state index in [-0.39, 0.29) is 0 Å². The standard InChI is InChI=1S/C13H17N3O/c1-9-4-5-10(2)11(8-9)13-15-12(16-17-13)6-7-14-3/h4-5,8,14H,6-7H2,1-3H3. The number of likely N-dealkylation sites (N-methyl/N-ethyl adjacent to an activating group) is 1. The van der Waals surface area contributed by atoms with Gasteiger partial charge >= 0.3 is 0 Å². The lowest BCUT2D eigenvalue weighted by atomic mass is 10.1. The van der Waals surface area contributed by atoms with E-state index in [0.29, 0.717) is 5.89 Å². The van der Waals surface area contributed by atoms with Gasteiger partial charge in [0.15, 0.2) is 5.82 Å². The minimum atomic E-state index is 0.609. The maximum absolute atomic E-state index is 5.29. The van der Waals surface area contributed by atoms with Crippen LogP contribution in [0.4, 0.5) is 0 Å². The van der Waals surface area contributed by atoms with Gasteiger partial charge in [0.25, 0.3) is 5.89 Å². The molecule has 2 aromatic rings. The number of nitrogens with one attached hydrogen (secondary N) is 1. The lowest BCUT2D eigenvalue weighted by molar-refractivity contribution is 0.422. The summed E-state index contributed by atoms with van der Waals surface area (Å²) < 4.78 is 5.29. The van der Waals surface area contributed by atoms with E-state index < -0.39 is 0 Å². The Kier molecular flexibility index (Phi) is 3.54. The SMILES string of the molecule is CNCCc1noc(-c2cc(C)ccc2C)n1. The van der Waals surface area contributed by atoms with E-state index in [1.54, 1.807) is 0 Å². The minimum absolute atomic E-state index is 0.609. The molecule has 0 aliphatic heterocycles. The van der Waals surface area contributed by atoms with Crippen LogP contribution in [0.1, 0.15) is 17.0 Å². The Morgan fingerprint density at radius 2 is 2.12 bits per heavy atom. The van der Waals surface area contributed by atoms with Crippen LogP contribution in [-0.4, -0.2) is 23.7 Å². The van der Waals surface area contributed by atoms with Gasteiger partial charge in [-0.2, -0.15) is 4.98 Å². The second kappa shape index (κ2) is 5.10. The predicted molar refractivity (Wildman–Crippen MR) is 66.8 cm³/mol. The largest absolute Gasteiger partial charge is 0.334 e. The molecule has 0 amide bonds. The zero-order valence-electron chi connectivity index (χ0n) is 10.4. The predicted octanol–water partition coefficient (Wildman–Crippen LogP) is 2.12. The van der Waals surface area contributed by atoms with Crippen molar-refractivity contribution in [3.05, 3.63) is 35.2 Å². The van der Waals surface area contributed by atoms with Gasteiger partial charge in [0, 0.05) is 18.5 Å². The van der Waals surface area contributed by atoms with Gasteiger partial charge in [-0.25, -0.2) is 0 Å². The van der Waals surface area contributed by atoms with E-state index in [2.05, 4.69) is 40.6 Å². The molecule has 1 heterocycles. The highest BCUT2D eigenvalue weighted by atomic mass is 16.5. The summed E-state index contributed by atoms with van der Waals surface area (Å²) >= 11 is 0. The monoisotopic (exact) mass is 231 g/mol. The molecule has 0 atom stereocenters. The van der Waals surface area contributed by atoms with Gasteiger partial charge in [-0.3, -0.25) is 0 Å². The van der Waals surface area contributed by atoms with Gasteiger partial charge in [-0.05, 0) is 32.5 Å². The van der Waals surface area contributed by atoms with E-state index in [0.717, 1.165) is 29.9 Å². The molecule has 1 aromatic carbocycles. The molecule has 0 fully saturated rings. The maximum Gasteiger partial charge on any atom is 0.258 e. The summed E-state index contributed by atoms with van der Waals surface area (Å²) in [4.78, 5) is 4.40. The summed E-state index contributed by atoms with van der Waals surface area (Å²) in [7, 11) is 1.91. The number of aromatic nitrogens is 2. The molecule has 4 heteroatoms. The Hall–Kier alpha value is -1.68. The molecule has 4 nitrogen and oxygen atoms in total. The first kappa shape index (κ1) is 11.8. The average molecular weight is 231 g/mol. The number of aryl methyl sites for hydroxylation is 2. The highest BCUT2D eigenvalue weighted by Crippen LogP contribution is 2.22. The Bertz CT molecular complexity index is 505. The van der Waals surface area contributed by atoms with Crippen molar-refractivity contribution in [1.29, 1.82) is 0 Å².